The Hall–Kier alpha value is -3.39. The average molecular weight is 329 g/mol. The number of rotatable bonds is 5. The number of hydrogen-bond acceptors (Lipinski definition) is 5. The summed E-state index contributed by atoms with van der Waals surface area (Å²) in [5.74, 6) is 1.39. The van der Waals surface area contributed by atoms with Crippen LogP contribution in [0.2, 0.25) is 0 Å². The number of hydrogen-bond donors (Lipinski definition) is 2. The highest BCUT2D eigenvalue weighted by Crippen LogP contribution is 2.25. The number of nitrogens with zero attached hydrogens (tertiary/aromatic N) is 3. The van der Waals surface area contributed by atoms with E-state index in [4.69, 9.17) is 5.26 Å². The quantitative estimate of drug-likeness (QED) is 0.709. The molecule has 2 aromatic carbocycles. The van der Waals surface area contributed by atoms with Crippen molar-refractivity contribution in [2.24, 2.45) is 0 Å². The molecular formula is C20H19N5. The second kappa shape index (κ2) is 7.45. The number of aryl methyl sites for hydroxylation is 2. The molecule has 0 radical (unpaired) electrons. The fourth-order valence-corrected chi connectivity index (χ4v) is 2.64. The fraction of sp³-hybridized carbons (Fsp3) is 0.150. The van der Waals surface area contributed by atoms with E-state index in [0.717, 1.165) is 23.6 Å². The molecule has 1 aromatic heterocycles. The standard InChI is InChI=1S/C20H19N5/c1-3-16-8-4-6-14(2)20(16)25-19-11-18(22-13-23-19)24-17-9-5-7-15(10-17)12-21/h4-11,13H,3H2,1-2H3,(H2,22,23,24,25). The third-order valence-electron chi connectivity index (χ3n) is 3.92. The third-order valence-corrected chi connectivity index (χ3v) is 3.92. The van der Waals surface area contributed by atoms with Crippen LogP contribution in [0.5, 0.6) is 0 Å². The first-order valence-corrected chi connectivity index (χ1v) is 8.14. The molecule has 1 heterocycles. The van der Waals surface area contributed by atoms with Crippen molar-refractivity contribution in [2.45, 2.75) is 20.3 Å². The molecule has 5 nitrogen and oxygen atoms in total. The second-order valence-corrected chi connectivity index (χ2v) is 5.69. The highest BCUT2D eigenvalue weighted by Gasteiger charge is 2.06. The van der Waals surface area contributed by atoms with E-state index in [9.17, 15) is 0 Å². The number of nitrogens with one attached hydrogen (secondary N) is 2. The van der Waals surface area contributed by atoms with Crippen molar-refractivity contribution >= 4 is 23.0 Å². The van der Waals surface area contributed by atoms with Crippen LogP contribution < -0.4 is 10.6 Å². The minimum atomic E-state index is 0.602. The first-order chi connectivity index (χ1) is 12.2. The van der Waals surface area contributed by atoms with E-state index in [2.05, 4.69) is 58.7 Å². The summed E-state index contributed by atoms with van der Waals surface area (Å²) in [6.07, 6.45) is 2.46. The van der Waals surface area contributed by atoms with Gasteiger partial charge in [-0.3, -0.25) is 0 Å². The molecule has 0 amide bonds. The molecule has 0 atom stereocenters. The Morgan fingerprint density at radius 2 is 1.76 bits per heavy atom. The van der Waals surface area contributed by atoms with E-state index in [1.165, 1.54) is 17.5 Å². The van der Waals surface area contributed by atoms with Gasteiger partial charge in [0.15, 0.2) is 0 Å². The van der Waals surface area contributed by atoms with Crippen LogP contribution in [0.4, 0.5) is 23.0 Å². The maximum absolute atomic E-state index is 9.00. The van der Waals surface area contributed by atoms with Crippen molar-refractivity contribution in [1.82, 2.24) is 9.97 Å². The predicted molar refractivity (Wildman–Crippen MR) is 100 cm³/mol. The summed E-state index contributed by atoms with van der Waals surface area (Å²) in [7, 11) is 0. The molecule has 3 aromatic rings. The SMILES string of the molecule is CCc1cccc(C)c1Nc1cc(Nc2cccc(C#N)c2)ncn1. The third kappa shape index (κ3) is 3.93. The zero-order valence-corrected chi connectivity index (χ0v) is 14.2. The molecule has 0 fully saturated rings. The van der Waals surface area contributed by atoms with E-state index in [1.54, 1.807) is 12.1 Å². The fourth-order valence-electron chi connectivity index (χ4n) is 2.64. The maximum Gasteiger partial charge on any atom is 0.135 e. The van der Waals surface area contributed by atoms with Crippen LogP contribution in [0.3, 0.4) is 0 Å². The van der Waals surface area contributed by atoms with Gasteiger partial charge in [-0.15, -0.1) is 0 Å². The van der Waals surface area contributed by atoms with Crippen molar-refractivity contribution in [3.8, 4) is 6.07 Å². The Bertz CT molecular complexity index is 927. The molecule has 0 aliphatic heterocycles. The van der Waals surface area contributed by atoms with Crippen LogP contribution in [0.1, 0.15) is 23.6 Å². The lowest BCUT2D eigenvalue weighted by atomic mass is 10.1. The molecule has 2 N–H and O–H groups in total. The van der Waals surface area contributed by atoms with E-state index < -0.39 is 0 Å². The molecule has 0 saturated carbocycles. The van der Waals surface area contributed by atoms with Crippen LogP contribution in [0.15, 0.2) is 54.9 Å². The smallest absolute Gasteiger partial charge is 0.135 e. The topological polar surface area (TPSA) is 73.6 Å². The monoisotopic (exact) mass is 329 g/mol. The van der Waals surface area contributed by atoms with Gasteiger partial charge in [0.25, 0.3) is 0 Å². The molecule has 25 heavy (non-hydrogen) atoms. The van der Waals surface area contributed by atoms with Gasteiger partial charge in [-0.25, -0.2) is 9.97 Å². The van der Waals surface area contributed by atoms with Gasteiger partial charge >= 0.3 is 0 Å². The molecule has 0 bridgehead atoms. The zero-order chi connectivity index (χ0) is 17.6. The highest BCUT2D eigenvalue weighted by atomic mass is 15.1. The number of benzene rings is 2. The summed E-state index contributed by atoms with van der Waals surface area (Å²) in [6.45, 7) is 4.21. The summed E-state index contributed by atoms with van der Waals surface area (Å²) in [4.78, 5) is 8.56. The molecular weight excluding hydrogens is 310 g/mol. The summed E-state index contributed by atoms with van der Waals surface area (Å²) >= 11 is 0. The minimum absolute atomic E-state index is 0.602. The first-order valence-electron chi connectivity index (χ1n) is 8.14. The van der Waals surface area contributed by atoms with Crippen LogP contribution >= 0.6 is 0 Å². The molecule has 124 valence electrons. The molecule has 0 aliphatic carbocycles. The van der Waals surface area contributed by atoms with Gasteiger partial charge in [-0.05, 0) is 42.7 Å². The molecule has 0 saturated heterocycles. The zero-order valence-electron chi connectivity index (χ0n) is 14.2. The van der Waals surface area contributed by atoms with Gasteiger partial charge in [0.05, 0.1) is 11.6 Å². The van der Waals surface area contributed by atoms with Gasteiger partial charge in [-0.1, -0.05) is 31.2 Å². The molecule has 5 heteroatoms. The van der Waals surface area contributed by atoms with Crippen molar-refractivity contribution in [1.29, 1.82) is 5.26 Å². The van der Waals surface area contributed by atoms with Gasteiger partial charge in [-0.2, -0.15) is 5.26 Å². The van der Waals surface area contributed by atoms with Gasteiger partial charge in [0.1, 0.15) is 18.0 Å². The summed E-state index contributed by atoms with van der Waals surface area (Å²) < 4.78 is 0. The van der Waals surface area contributed by atoms with Crippen LogP contribution in [0.25, 0.3) is 0 Å². The van der Waals surface area contributed by atoms with Crippen LogP contribution in [-0.4, -0.2) is 9.97 Å². The highest BCUT2D eigenvalue weighted by molar-refractivity contribution is 5.67. The van der Waals surface area contributed by atoms with Gasteiger partial charge < -0.3 is 10.6 Å². The van der Waals surface area contributed by atoms with Crippen molar-refractivity contribution < 1.29 is 0 Å². The summed E-state index contributed by atoms with van der Waals surface area (Å²) in [6, 6.07) is 17.5. The molecule has 0 unspecified atom stereocenters. The van der Waals surface area contributed by atoms with E-state index in [1.807, 2.05) is 18.2 Å². The lowest BCUT2D eigenvalue weighted by Crippen LogP contribution is -2.02. The Balaban J connectivity index is 1.84. The molecule has 0 spiro atoms. The van der Waals surface area contributed by atoms with Crippen LogP contribution in [0, 0.1) is 18.3 Å². The number of aromatic nitrogens is 2. The number of para-hydroxylation sites is 1. The lowest BCUT2D eigenvalue weighted by molar-refractivity contribution is 1.12. The van der Waals surface area contributed by atoms with E-state index in [0.29, 0.717) is 11.4 Å². The van der Waals surface area contributed by atoms with E-state index >= 15 is 0 Å². The Kier molecular flexibility index (Phi) is 4.91. The lowest BCUT2D eigenvalue weighted by Gasteiger charge is -2.14. The summed E-state index contributed by atoms with van der Waals surface area (Å²) in [5, 5.41) is 15.6. The van der Waals surface area contributed by atoms with Crippen molar-refractivity contribution in [2.75, 3.05) is 10.6 Å². The Labute approximate surface area is 147 Å². The first kappa shape index (κ1) is 16.5. The average Bonchev–Trinajstić information content (AvgIpc) is 2.64. The van der Waals surface area contributed by atoms with Crippen molar-refractivity contribution in [3.63, 3.8) is 0 Å². The van der Waals surface area contributed by atoms with Gasteiger partial charge in [0, 0.05) is 17.4 Å². The molecule has 3 rings (SSSR count). The second-order valence-electron chi connectivity index (χ2n) is 5.69. The van der Waals surface area contributed by atoms with E-state index in [-0.39, 0.29) is 0 Å². The molecule has 0 aliphatic rings. The van der Waals surface area contributed by atoms with Crippen LogP contribution in [-0.2, 0) is 6.42 Å². The Morgan fingerprint density at radius 1 is 1.00 bits per heavy atom. The number of anilines is 4. The minimum Gasteiger partial charge on any atom is -0.340 e. The van der Waals surface area contributed by atoms with Crippen molar-refractivity contribution in [3.05, 3.63) is 71.5 Å². The normalized spacial score (nSPS) is 10.1. The van der Waals surface area contributed by atoms with Gasteiger partial charge in [0.2, 0.25) is 0 Å². The predicted octanol–water partition coefficient (Wildman–Crippen LogP) is 4.71. The maximum atomic E-state index is 9.00. The Morgan fingerprint density at radius 3 is 2.52 bits per heavy atom. The summed E-state index contributed by atoms with van der Waals surface area (Å²) in [5.41, 5.74) is 4.92. The largest absolute Gasteiger partial charge is 0.340 e. The number of nitriles is 1.